The first kappa shape index (κ1) is 8.30. The minimum Gasteiger partial charge on any atom is -0.232 e. The molecule has 50 valence electrons. The first-order valence-electron chi connectivity index (χ1n) is 2.43. The third kappa shape index (κ3) is 3.32. The SMILES string of the molecule is CC(CCS)[SH](=O)=O. The summed E-state index contributed by atoms with van der Waals surface area (Å²) in [4.78, 5) is 0. The molecule has 1 atom stereocenters. The van der Waals surface area contributed by atoms with Gasteiger partial charge in [-0.3, -0.25) is 0 Å². The molecule has 0 bridgehead atoms. The Morgan fingerprint density at radius 2 is 2.12 bits per heavy atom. The molecule has 0 radical (unpaired) electrons. The Labute approximate surface area is 56.6 Å². The first-order chi connectivity index (χ1) is 3.68. The van der Waals surface area contributed by atoms with Gasteiger partial charge in [-0.05, 0) is 19.1 Å². The molecule has 4 heteroatoms. The summed E-state index contributed by atoms with van der Waals surface area (Å²) in [5.74, 6) is 0.643. The maximum atomic E-state index is 10.1. The Morgan fingerprint density at radius 3 is 2.25 bits per heavy atom. The predicted molar refractivity (Wildman–Crippen MR) is 38.2 cm³/mol. The van der Waals surface area contributed by atoms with Crippen LogP contribution in [0.2, 0.25) is 0 Å². The summed E-state index contributed by atoms with van der Waals surface area (Å²) in [7, 11) is -2.22. The lowest BCUT2D eigenvalue weighted by Crippen LogP contribution is -2.03. The van der Waals surface area contributed by atoms with Crippen LogP contribution in [0.1, 0.15) is 13.3 Å². The van der Waals surface area contributed by atoms with Crippen LogP contribution in [-0.4, -0.2) is 19.4 Å². The minimum atomic E-state index is -2.22. The topological polar surface area (TPSA) is 34.1 Å². The molecule has 0 aliphatic rings. The van der Waals surface area contributed by atoms with Crippen molar-refractivity contribution < 1.29 is 8.42 Å². The fourth-order valence-electron chi connectivity index (χ4n) is 0.292. The van der Waals surface area contributed by atoms with Gasteiger partial charge in [-0.15, -0.1) is 0 Å². The molecule has 0 aromatic rings. The average molecular weight is 154 g/mol. The van der Waals surface area contributed by atoms with Crippen molar-refractivity contribution in [2.75, 3.05) is 5.75 Å². The Morgan fingerprint density at radius 1 is 1.62 bits per heavy atom. The molecule has 0 heterocycles. The third-order valence-corrected chi connectivity index (χ3v) is 2.14. The smallest absolute Gasteiger partial charge is 0.142 e. The van der Waals surface area contributed by atoms with E-state index in [1.165, 1.54) is 0 Å². The molecule has 8 heavy (non-hydrogen) atoms. The summed E-state index contributed by atoms with van der Waals surface area (Å²) in [5, 5.41) is -0.206. The minimum absolute atomic E-state index is 0.206. The predicted octanol–water partition coefficient (Wildman–Crippen LogP) is 0.306. The van der Waals surface area contributed by atoms with Crippen molar-refractivity contribution in [1.82, 2.24) is 0 Å². The highest BCUT2D eigenvalue weighted by molar-refractivity contribution is 7.80. The zero-order chi connectivity index (χ0) is 6.57. The van der Waals surface area contributed by atoms with Crippen molar-refractivity contribution in [1.29, 1.82) is 0 Å². The molecule has 0 aromatic heterocycles. The summed E-state index contributed by atoms with van der Waals surface area (Å²) in [6.45, 7) is 1.68. The summed E-state index contributed by atoms with van der Waals surface area (Å²) in [6, 6.07) is 0. The number of thiol groups is 2. The Kier molecular flexibility index (Phi) is 4.36. The Bertz CT molecular complexity index is 111. The maximum Gasteiger partial charge on any atom is 0.142 e. The molecule has 0 aliphatic carbocycles. The van der Waals surface area contributed by atoms with Crippen molar-refractivity contribution in [2.45, 2.75) is 18.6 Å². The molecule has 0 spiro atoms. The summed E-state index contributed by atoms with van der Waals surface area (Å²) in [5.41, 5.74) is 0. The largest absolute Gasteiger partial charge is 0.232 e. The summed E-state index contributed by atoms with van der Waals surface area (Å²) in [6.07, 6.45) is 0.655. The molecule has 0 saturated carbocycles. The van der Waals surface area contributed by atoms with Gasteiger partial charge in [0.1, 0.15) is 10.7 Å². The summed E-state index contributed by atoms with van der Waals surface area (Å²) < 4.78 is 20.2. The fraction of sp³-hybridized carbons (Fsp3) is 1.00. The van der Waals surface area contributed by atoms with E-state index in [0.29, 0.717) is 12.2 Å². The monoisotopic (exact) mass is 154 g/mol. The molecule has 0 fully saturated rings. The van der Waals surface area contributed by atoms with Gasteiger partial charge >= 0.3 is 0 Å². The van der Waals surface area contributed by atoms with Gasteiger partial charge in [0, 0.05) is 0 Å². The van der Waals surface area contributed by atoms with Crippen molar-refractivity contribution in [2.24, 2.45) is 0 Å². The second kappa shape index (κ2) is 4.21. The quantitative estimate of drug-likeness (QED) is 0.574. The number of hydrogen-bond donors (Lipinski definition) is 2. The van der Waals surface area contributed by atoms with Crippen LogP contribution in [0.3, 0.4) is 0 Å². The molecule has 0 amide bonds. The molecule has 0 rings (SSSR count). The maximum absolute atomic E-state index is 10.1. The third-order valence-electron chi connectivity index (χ3n) is 0.907. The van der Waals surface area contributed by atoms with E-state index in [-0.39, 0.29) is 5.25 Å². The van der Waals surface area contributed by atoms with Crippen LogP contribution in [0, 0.1) is 0 Å². The van der Waals surface area contributed by atoms with Crippen LogP contribution < -0.4 is 0 Å². The van der Waals surface area contributed by atoms with Crippen molar-refractivity contribution >= 4 is 23.3 Å². The highest BCUT2D eigenvalue weighted by atomic mass is 32.2. The van der Waals surface area contributed by atoms with Gasteiger partial charge < -0.3 is 0 Å². The normalized spacial score (nSPS) is 14.4. The van der Waals surface area contributed by atoms with Crippen LogP contribution >= 0.6 is 12.6 Å². The Balaban J connectivity index is 3.48. The van der Waals surface area contributed by atoms with Crippen LogP contribution in [0.4, 0.5) is 0 Å². The number of rotatable bonds is 3. The zero-order valence-corrected chi connectivity index (χ0v) is 6.49. The van der Waals surface area contributed by atoms with Crippen molar-refractivity contribution in [3.63, 3.8) is 0 Å². The van der Waals surface area contributed by atoms with Crippen LogP contribution in [-0.2, 0) is 10.7 Å². The van der Waals surface area contributed by atoms with Gasteiger partial charge in [-0.2, -0.15) is 12.6 Å². The molecule has 0 saturated heterocycles. The van der Waals surface area contributed by atoms with Crippen LogP contribution in [0.5, 0.6) is 0 Å². The highest BCUT2D eigenvalue weighted by Crippen LogP contribution is 1.95. The van der Waals surface area contributed by atoms with E-state index in [1.54, 1.807) is 6.92 Å². The second-order valence-electron chi connectivity index (χ2n) is 1.65. The van der Waals surface area contributed by atoms with Gasteiger partial charge in [0.15, 0.2) is 0 Å². The lowest BCUT2D eigenvalue weighted by Gasteiger charge is -1.95. The average Bonchev–Trinajstić information content (AvgIpc) is 1.67. The second-order valence-corrected chi connectivity index (χ2v) is 3.55. The van der Waals surface area contributed by atoms with Gasteiger partial charge in [-0.25, -0.2) is 8.42 Å². The van der Waals surface area contributed by atoms with Crippen LogP contribution in [0.25, 0.3) is 0 Å². The summed E-state index contributed by atoms with van der Waals surface area (Å²) >= 11 is 3.89. The van der Waals surface area contributed by atoms with Gasteiger partial charge in [0.25, 0.3) is 0 Å². The lowest BCUT2D eigenvalue weighted by atomic mass is 10.4. The molecule has 0 aromatic carbocycles. The van der Waals surface area contributed by atoms with E-state index < -0.39 is 10.7 Å². The van der Waals surface area contributed by atoms with Crippen molar-refractivity contribution in [3.8, 4) is 0 Å². The molecule has 1 unspecified atom stereocenters. The van der Waals surface area contributed by atoms with E-state index in [9.17, 15) is 8.42 Å². The van der Waals surface area contributed by atoms with E-state index in [0.717, 1.165) is 0 Å². The fourth-order valence-corrected chi connectivity index (χ4v) is 1.22. The van der Waals surface area contributed by atoms with Gasteiger partial charge in [-0.1, -0.05) is 0 Å². The van der Waals surface area contributed by atoms with E-state index in [1.807, 2.05) is 0 Å². The Hall–Kier alpha value is 0.300. The van der Waals surface area contributed by atoms with Gasteiger partial charge in [0.05, 0.1) is 5.25 Å². The molecular weight excluding hydrogens is 144 g/mol. The highest BCUT2D eigenvalue weighted by Gasteiger charge is 1.99. The standard InChI is InChI=1S/C4H10O2S2/c1-4(2-3-7)8(5)6/h4,7-8H,2-3H2,1H3. The molecule has 0 N–H and O–H groups in total. The zero-order valence-electron chi connectivity index (χ0n) is 4.70. The van der Waals surface area contributed by atoms with E-state index >= 15 is 0 Å². The number of hydrogen-bond acceptors (Lipinski definition) is 3. The lowest BCUT2D eigenvalue weighted by molar-refractivity contribution is 0.601. The van der Waals surface area contributed by atoms with E-state index in [4.69, 9.17) is 0 Å². The van der Waals surface area contributed by atoms with Crippen molar-refractivity contribution in [3.05, 3.63) is 0 Å². The van der Waals surface area contributed by atoms with E-state index in [2.05, 4.69) is 12.6 Å². The van der Waals surface area contributed by atoms with Crippen LogP contribution in [0.15, 0.2) is 0 Å². The molecule has 0 aliphatic heterocycles. The first-order valence-corrected chi connectivity index (χ1v) is 4.30. The molecule has 2 nitrogen and oxygen atoms in total. The van der Waals surface area contributed by atoms with Gasteiger partial charge in [0.2, 0.25) is 0 Å². The molecular formula is C4H10O2S2.